The van der Waals surface area contributed by atoms with Crippen LogP contribution in [-0.4, -0.2) is 21.8 Å². The van der Waals surface area contributed by atoms with E-state index in [2.05, 4.69) is 4.98 Å². The van der Waals surface area contributed by atoms with Crippen LogP contribution in [0.4, 0.5) is 10.1 Å². The van der Waals surface area contributed by atoms with Crippen LogP contribution >= 0.6 is 12.4 Å². The maximum Gasteiger partial charge on any atom is 0.272 e. The van der Waals surface area contributed by atoms with Gasteiger partial charge in [-0.15, -0.1) is 12.4 Å². The van der Waals surface area contributed by atoms with Crippen LogP contribution in [0, 0.1) is 5.82 Å². The molecule has 0 bridgehead atoms. The molecule has 22 heavy (non-hydrogen) atoms. The lowest BCUT2D eigenvalue weighted by Gasteiger charge is -2.22. The molecule has 4 nitrogen and oxygen atoms in total. The van der Waals surface area contributed by atoms with Crippen LogP contribution in [0.25, 0.3) is 0 Å². The van der Waals surface area contributed by atoms with Gasteiger partial charge in [0, 0.05) is 12.6 Å². The van der Waals surface area contributed by atoms with Gasteiger partial charge in [-0.1, -0.05) is 12.1 Å². The molecule has 2 N–H and O–H groups in total. The molecule has 6 heteroatoms. The molecule has 0 aliphatic heterocycles. The van der Waals surface area contributed by atoms with Crippen molar-refractivity contribution in [1.82, 2.24) is 9.88 Å². The standard InChI is InChI=1S/C16H16FN3O.ClH/c17-12-3-1-2-11(8-12)10-20(14-5-6-14)16(21)15-7-4-13(18)9-19-15;/h1-4,7-9,14H,5-6,10,18H2;1H. The Balaban J connectivity index is 0.00000176. The summed E-state index contributed by atoms with van der Waals surface area (Å²) in [4.78, 5) is 18.4. The Bertz CT molecular complexity index is 659. The maximum absolute atomic E-state index is 13.3. The summed E-state index contributed by atoms with van der Waals surface area (Å²) in [5.74, 6) is -0.428. The van der Waals surface area contributed by atoms with E-state index in [9.17, 15) is 9.18 Å². The Morgan fingerprint density at radius 3 is 2.68 bits per heavy atom. The zero-order valence-electron chi connectivity index (χ0n) is 11.9. The summed E-state index contributed by atoms with van der Waals surface area (Å²) >= 11 is 0. The fourth-order valence-corrected chi connectivity index (χ4v) is 2.26. The first kappa shape index (κ1) is 16.2. The average Bonchev–Trinajstić information content (AvgIpc) is 3.29. The number of rotatable bonds is 4. The number of nitrogen functional groups attached to an aromatic ring is 1. The van der Waals surface area contributed by atoms with Crippen molar-refractivity contribution in [3.8, 4) is 0 Å². The normalized spacial score (nSPS) is 13.3. The molecule has 1 aromatic carbocycles. The number of halogens is 2. The first-order valence-corrected chi connectivity index (χ1v) is 6.90. The molecule has 0 unspecified atom stereocenters. The quantitative estimate of drug-likeness (QED) is 0.941. The molecule has 0 atom stereocenters. The molecule has 3 rings (SSSR count). The summed E-state index contributed by atoms with van der Waals surface area (Å²) < 4.78 is 13.3. The zero-order chi connectivity index (χ0) is 14.8. The van der Waals surface area contributed by atoms with E-state index in [0.717, 1.165) is 18.4 Å². The third-order valence-corrected chi connectivity index (χ3v) is 3.50. The van der Waals surface area contributed by atoms with Gasteiger partial charge in [-0.05, 0) is 42.7 Å². The van der Waals surface area contributed by atoms with Gasteiger partial charge in [0.25, 0.3) is 5.91 Å². The van der Waals surface area contributed by atoms with E-state index in [4.69, 9.17) is 5.73 Å². The van der Waals surface area contributed by atoms with E-state index in [1.165, 1.54) is 18.3 Å². The number of hydrogen-bond acceptors (Lipinski definition) is 3. The molecular weight excluding hydrogens is 305 g/mol. The van der Waals surface area contributed by atoms with Crippen LogP contribution in [0.15, 0.2) is 42.6 Å². The summed E-state index contributed by atoms with van der Waals surface area (Å²) in [6.07, 6.45) is 3.44. The average molecular weight is 322 g/mol. The third-order valence-electron chi connectivity index (χ3n) is 3.50. The molecule has 1 fully saturated rings. The van der Waals surface area contributed by atoms with Crippen LogP contribution in [0.5, 0.6) is 0 Å². The van der Waals surface area contributed by atoms with E-state index in [1.54, 1.807) is 23.1 Å². The summed E-state index contributed by atoms with van der Waals surface area (Å²) in [6.45, 7) is 0.396. The summed E-state index contributed by atoms with van der Waals surface area (Å²) in [5.41, 5.74) is 7.26. The van der Waals surface area contributed by atoms with Crippen molar-refractivity contribution in [3.05, 3.63) is 59.7 Å². The minimum absolute atomic E-state index is 0. The van der Waals surface area contributed by atoms with Gasteiger partial charge in [0.05, 0.1) is 11.9 Å². The van der Waals surface area contributed by atoms with Gasteiger partial charge in [0.15, 0.2) is 0 Å². The zero-order valence-corrected chi connectivity index (χ0v) is 12.7. The summed E-state index contributed by atoms with van der Waals surface area (Å²) in [6, 6.07) is 9.84. The fourth-order valence-electron chi connectivity index (χ4n) is 2.26. The predicted octanol–water partition coefficient (Wildman–Crippen LogP) is 3.03. The number of benzene rings is 1. The van der Waals surface area contributed by atoms with Crippen molar-refractivity contribution < 1.29 is 9.18 Å². The molecule has 1 saturated carbocycles. The largest absolute Gasteiger partial charge is 0.397 e. The van der Waals surface area contributed by atoms with Crippen LogP contribution in [0.3, 0.4) is 0 Å². The van der Waals surface area contributed by atoms with Gasteiger partial charge in [-0.25, -0.2) is 9.37 Å². The first-order chi connectivity index (χ1) is 10.1. The summed E-state index contributed by atoms with van der Waals surface area (Å²) in [5, 5.41) is 0. The lowest BCUT2D eigenvalue weighted by molar-refractivity contribution is 0.0724. The van der Waals surface area contributed by atoms with Gasteiger partial charge in [-0.3, -0.25) is 4.79 Å². The van der Waals surface area contributed by atoms with E-state index >= 15 is 0 Å². The molecule has 116 valence electrons. The highest BCUT2D eigenvalue weighted by atomic mass is 35.5. The van der Waals surface area contributed by atoms with Crippen molar-refractivity contribution in [3.63, 3.8) is 0 Å². The molecule has 0 saturated heterocycles. The first-order valence-electron chi connectivity index (χ1n) is 6.90. The van der Waals surface area contributed by atoms with E-state index < -0.39 is 0 Å². The Kier molecular flexibility index (Phi) is 4.98. The molecule has 0 spiro atoms. The van der Waals surface area contributed by atoms with Crippen molar-refractivity contribution in [1.29, 1.82) is 0 Å². The van der Waals surface area contributed by atoms with Gasteiger partial charge in [0.2, 0.25) is 0 Å². The molecule has 1 amide bonds. The van der Waals surface area contributed by atoms with Crippen molar-refractivity contribution in [2.45, 2.75) is 25.4 Å². The third kappa shape index (κ3) is 3.74. The Hall–Kier alpha value is -2.14. The van der Waals surface area contributed by atoms with Gasteiger partial charge in [0.1, 0.15) is 11.5 Å². The predicted molar refractivity (Wildman–Crippen MR) is 85.2 cm³/mol. The molecular formula is C16H17ClFN3O. The van der Waals surface area contributed by atoms with E-state index in [0.29, 0.717) is 17.9 Å². The summed E-state index contributed by atoms with van der Waals surface area (Å²) in [7, 11) is 0. The minimum Gasteiger partial charge on any atom is -0.397 e. The second-order valence-electron chi connectivity index (χ2n) is 5.27. The van der Waals surface area contributed by atoms with E-state index in [-0.39, 0.29) is 30.2 Å². The van der Waals surface area contributed by atoms with Crippen molar-refractivity contribution >= 4 is 24.0 Å². The number of carbonyl (C=O) groups excluding carboxylic acids is 1. The molecule has 2 aromatic rings. The van der Waals surface area contributed by atoms with Crippen molar-refractivity contribution in [2.75, 3.05) is 5.73 Å². The number of carbonyl (C=O) groups is 1. The maximum atomic E-state index is 13.3. The number of amides is 1. The highest BCUT2D eigenvalue weighted by Gasteiger charge is 2.33. The lowest BCUT2D eigenvalue weighted by Crippen LogP contribution is -2.33. The fraction of sp³-hybridized carbons (Fsp3) is 0.250. The Morgan fingerprint density at radius 1 is 1.32 bits per heavy atom. The minimum atomic E-state index is -0.290. The molecule has 0 radical (unpaired) electrons. The molecule has 1 aliphatic carbocycles. The second-order valence-corrected chi connectivity index (χ2v) is 5.27. The highest BCUT2D eigenvalue weighted by molar-refractivity contribution is 5.92. The number of aromatic nitrogens is 1. The van der Waals surface area contributed by atoms with Crippen LogP contribution in [0.2, 0.25) is 0 Å². The highest BCUT2D eigenvalue weighted by Crippen LogP contribution is 2.29. The van der Waals surface area contributed by atoms with Gasteiger partial charge < -0.3 is 10.6 Å². The van der Waals surface area contributed by atoms with Crippen LogP contribution in [0.1, 0.15) is 28.9 Å². The molecule has 1 aromatic heterocycles. The molecule has 1 aliphatic rings. The number of pyridine rings is 1. The Labute approximate surface area is 134 Å². The van der Waals surface area contributed by atoms with Crippen LogP contribution < -0.4 is 5.73 Å². The van der Waals surface area contributed by atoms with Crippen LogP contribution in [-0.2, 0) is 6.54 Å². The topological polar surface area (TPSA) is 59.2 Å². The van der Waals surface area contributed by atoms with Crippen molar-refractivity contribution in [2.24, 2.45) is 0 Å². The number of hydrogen-bond donors (Lipinski definition) is 1. The SMILES string of the molecule is Cl.Nc1ccc(C(=O)N(Cc2cccc(F)c2)C2CC2)nc1. The second kappa shape index (κ2) is 6.75. The monoisotopic (exact) mass is 321 g/mol. The van der Waals surface area contributed by atoms with Gasteiger partial charge >= 0.3 is 0 Å². The number of nitrogens with zero attached hydrogens (tertiary/aromatic N) is 2. The number of nitrogens with two attached hydrogens (primary N) is 1. The van der Waals surface area contributed by atoms with Gasteiger partial charge in [-0.2, -0.15) is 0 Å². The number of anilines is 1. The lowest BCUT2D eigenvalue weighted by atomic mass is 10.2. The smallest absolute Gasteiger partial charge is 0.272 e. The Morgan fingerprint density at radius 2 is 2.09 bits per heavy atom. The van der Waals surface area contributed by atoms with E-state index in [1.807, 2.05) is 6.07 Å². The molecule has 1 heterocycles.